The number of carbonyl (C=O) groups is 1. The summed E-state index contributed by atoms with van der Waals surface area (Å²) in [6.45, 7) is 0.959. The highest BCUT2D eigenvalue weighted by atomic mass is 16.5. The first-order valence-electron chi connectivity index (χ1n) is 8.58. The Kier molecular flexibility index (Phi) is 4.31. The number of hydrogen-bond donors (Lipinski definition) is 0. The molecule has 4 rings (SSSR count). The topological polar surface area (TPSA) is 59.8 Å². The van der Waals surface area contributed by atoms with E-state index >= 15 is 0 Å². The van der Waals surface area contributed by atoms with Gasteiger partial charge in [0.05, 0.1) is 12.7 Å². The molecule has 0 fully saturated rings. The quantitative estimate of drug-likeness (QED) is 0.682. The average molecular weight is 349 g/mol. The molecule has 26 heavy (non-hydrogen) atoms. The Labute approximate surface area is 150 Å². The lowest BCUT2D eigenvalue weighted by atomic mass is 9.99. The fourth-order valence-electron chi connectivity index (χ4n) is 3.33. The Morgan fingerprint density at radius 1 is 1.12 bits per heavy atom. The molecule has 0 spiro atoms. The van der Waals surface area contributed by atoms with E-state index in [1.165, 1.54) is 16.0 Å². The highest BCUT2D eigenvalue weighted by Gasteiger charge is 2.24. The van der Waals surface area contributed by atoms with Crippen LogP contribution in [-0.2, 0) is 17.8 Å². The van der Waals surface area contributed by atoms with E-state index in [1.807, 2.05) is 24.3 Å². The molecule has 1 amide bonds. The Morgan fingerprint density at radius 3 is 2.69 bits per heavy atom. The third-order valence-electron chi connectivity index (χ3n) is 4.74. The van der Waals surface area contributed by atoms with E-state index in [9.17, 15) is 9.59 Å². The average Bonchev–Trinajstić information content (AvgIpc) is 2.66. The molecule has 132 valence electrons. The molecule has 0 bridgehead atoms. The van der Waals surface area contributed by atoms with Crippen LogP contribution < -0.4 is 5.63 Å². The van der Waals surface area contributed by atoms with E-state index in [0.717, 1.165) is 11.8 Å². The molecule has 0 saturated heterocycles. The van der Waals surface area contributed by atoms with Crippen LogP contribution in [0.2, 0.25) is 0 Å². The van der Waals surface area contributed by atoms with Gasteiger partial charge in [0.25, 0.3) is 5.91 Å². The first-order valence-corrected chi connectivity index (χ1v) is 8.58. The van der Waals surface area contributed by atoms with Gasteiger partial charge >= 0.3 is 5.63 Å². The van der Waals surface area contributed by atoms with Gasteiger partial charge in [-0.05, 0) is 23.3 Å². The molecule has 5 nitrogen and oxygen atoms in total. The maximum atomic E-state index is 12.7. The fraction of sp³-hybridized carbons (Fsp3) is 0.238. The molecule has 1 aliphatic rings. The normalized spacial score (nSPS) is 16.3. The van der Waals surface area contributed by atoms with E-state index in [4.69, 9.17) is 9.15 Å². The van der Waals surface area contributed by atoms with Gasteiger partial charge in [-0.1, -0.05) is 42.5 Å². The summed E-state index contributed by atoms with van der Waals surface area (Å²) in [4.78, 5) is 26.5. The van der Waals surface area contributed by atoms with Crippen LogP contribution in [0.5, 0.6) is 0 Å². The molecule has 2 heterocycles. The number of likely N-dealkylation sites (N-methyl/N-ethyl adjacent to an activating group) is 1. The molecule has 5 heteroatoms. The molecule has 0 radical (unpaired) electrons. The molecule has 0 saturated carbocycles. The summed E-state index contributed by atoms with van der Waals surface area (Å²) in [5.74, 6) is -0.355. The van der Waals surface area contributed by atoms with Crippen LogP contribution in [0.3, 0.4) is 0 Å². The maximum absolute atomic E-state index is 12.7. The van der Waals surface area contributed by atoms with Crippen LogP contribution in [0.1, 0.15) is 21.5 Å². The molecular formula is C21H19NO4. The van der Waals surface area contributed by atoms with Crippen LogP contribution in [0.25, 0.3) is 11.0 Å². The van der Waals surface area contributed by atoms with Crippen molar-refractivity contribution in [2.45, 2.75) is 19.1 Å². The first kappa shape index (κ1) is 16.5. The van der Waals surface area contributed by atoms with Gasteiger partial charge in [-0.3, -0.25) is 4.79 Å². The lowest BCUT2D eigenvalue weighted by Crippen LogP contribution is -2.39. The molecule has 3 aromatic rings. The van der Waals surface area contributed by atoms with Crippen LogP contribution in [0, 0.1) is 0 Å². The van der Waals surface area contributed by atoms with Crippen molar-refractivity contribution < 1.29 is 13.9 Å². The largest absolute Gasteiger partial charge is 0.422 e. The summed E-state index contributed by atoms with van der Waals surface area (Å²) in [5.41, 5.74) is 2.34. The van der Waals surface area contributed by atoms with Crippen LogP contribution in [-0.4, -0.2) is 30.5 Å². The number of para-hydroxylation sites is 1. The van der Waals surface area contributed by atoms with Crippen LogP contribution >= 0.6 is 0 Å². The minimum absolute atomic E-state index is 0.0439. The van der Waals surface area contributed by atoms with Crippen molar-refractivity contribution in [1.82, 2.24) is 4.90 Å². The van der Waals surface area contributed by atoms with Crippen LogP contribution in [0.4, 0.5) is 0 Å². The van der Waals surface area contributed by atoms with Crippen molar-refractivity contribution in [1.29, 1.82) is 0 Å². The monoisotopic (exact) mass is 349 g/mol. The molecular weight excluding hydrogens is 330 g/mol. The standard InChI is InChI=1S/C21H19NO4/c1-22(12-17-10-14-6-2-3-8-16(14)13-25-17)20(23)18-11-15-7-4-5-9-19(15)26-21(18)24/h2-9,11,17H,10,12-13H2,1H3. The predicted molar refractivity (Wildman–Crippen MR) is 98.2 cm³/mol. The van der Waals surface area contributed by atoms with Crippen molar-refractivity contribution in [3.05, 3.63) is 81.7 Å². The number of amides is 1. The second kappa shape index (κ2) is 6.77. The summed E-state index contributed by atoms with van der Waals surface area (Å²) in [6, 6.07) is 16.9. The lowest BCUT2D eigenvalue weighted by Gasteiger charge is -2.29. The Hall–Kier alpha value is -2.92. The highest BCUT2D eigenvalue weighted by Crippen LogP contribution is 2.21. The van der Waals surface area contributed by atoms with Gasteiger partial charge in [-0.2, -0.15) is 0 Å². The minimum atomic E-state index is -0.615. The molecule has 1 unspecified atom stereocenters. The molecule has 2 aromatic carbocycles. The van der Waals surface area contributed by atoms with Crippen molar-refractivity contribution in [3.8, 4) is 0 Å². The van der Waals surface area contributed by atoms with E-state index < -0.39 is 5.63 Å². The number of hydrogen-bond acceptors (Lipinski definition) is 4. The molecule has 1 aromatic heterocycles. The molecule has 0 aliphatic carbocycles. The van der Waals surface area contributed by atoms with Crippen molar-refractivity contribution >= 4 is 16.9 Å². The maximum Gasteiger partial charge on any atom is 0.349 e. The number of ether oxygens (including phenoxy) is 1. The summed E-state index contributed by atoms with van der Waals surface area (Å²) in [6.07, 6.45) is 0.659. The van der Waals surface area contributed by atoms with Gasteiger partial charge < -0.3 is 14.1 Å². The second-order valence-corrected chi connectivity index (χ2v) is 6.58. The van der Waals surface area contributed by atoms with E-state index in [1.54, 1.807) is 25.2 Å². The van der Waals surface area contributed by atoms with E-state index in [2.05, 4.69) is 12.1 Å². The summed E-state index contributed by atoms with van der Waals surface area (Å²) >= 11 is 0. The zero-order valence-corrected chi connectivity index (χ0v) is 14.5. The Bertz CT molecular complexity index is 1020. The number of benzene rings is 2. The SMILES string of the molecule is CN(CC1Cc2ccccc2CO1)C(=O)c1cc2ccccc2oc1=O. The summed E-state index contributed by atoms with van der Waals surface area (Å²) in [7, 11) is 1.68. The van der Waals surface area contributed by atoms with E-state index in [-0.39, 0.29) is 17.6 Å². The number of fused-ring (bicyclic) bond motifs is 2. The highest BCUT2D eigenvalue weighted by molar-refractivity contribution is 5.96. The zero-order chi connectivity index (χ0) is 18.1. The first-order chi connectivity index (χ1) is 12.6. The van der Waals surface area contributed by atoms with Crippen molar-refractivity contribution in [2.24, 2.45) is 0 Å². The summed E-state index contributed by atoms with van der Waals surface area (Å²) < 4.78 is 11.1. The third-order valence-corrected chi connectivity index (χ3v) is 4.74. The molecule has 1 atom stereocenters. The van der Waals surface area contributed by atoms with Gasteiger partial charge in [-0.25, -0.2) is 4.79 Å². The van der Waals surface area contributed by atoms with Crippen LogP contribution in [0.15, 0.2) is 63.8 Å². The van der Waals surface area contributed by atoms with Gasteiger partial charge in [0.15, 0.2) is 0 Å². The molecule has 0 N–H and O–H groups in total. The minimum Gasteiger partial charge on any atom is -0.422 e. The van der Waals surface area contributed by atoms with Gasteiger partial charge in [0, 0.05) is 25.4 Å². The summed E-state index contributed by atoms with van der Waals surface area (Å²) in [5, 5.41) is 0.728. The lowest BCUT2D eigenvalue weighted by molar-refractivity contribution is 0.00976. The molecule has 1 aliphatic heterocycles. The fourth-order valence-corrected chi connectivity index (χ4v) is 3.33. The smallest absolute Gasteiger partial charge is 0.349 e. The number of rotatable bonds is 3. The number of carbonyl (C=O) groups excluding carboxylic acids is 1. The van der Waals surface area contributed by atoms with Gasteiger partial charge in [0.2, 0.25) is 0 Å². The van der Waals surface area contributed by atoms with Crippen molar-refractivity contribution in [2.75, 3.05) is 13.6 Å². The zero-order valence-electron chi connectivity index (χ0n) is 14.5. The van der Waals surface area contributed by atoms with Gasteiger partial charge in [-0.15, -0.1) is 0 Å². The number of nitrogens with zero attached hydrogens (tertiary/aromatic N) is 1. The van der Waals surface area contributed by atoms with Crippen molar-refractivity contribution in [3.63, 3.8) is 0 Å². The Balaban J connectivity index is 1.52. The second-order valence-electron chi connectivity index (χ2n) is 6.58. The third kappa shape index (κ3) is 3.13. The predicted octanol–water partition coefficient (Wildman–Crippen LogP) is 3.01. The van der Waals surface area contributed by atoms with Gasteiger partial charge in [0.1, 0.15) is 11.1 Å². The van der Waals surface area contributed by atoms with E-state index in [0.29, 0.717) is 18.7 Å². The Morgan fingerprint density at radius 2 is 1.85 bits per heavy atom.